The predicted molar refractivity (Wildman–Crippen MR) is 91.9 cm³/mol. The zero-order chi connectivity index (χ0) is 15.7. The second-order valence-electron chi connectivity index (χ2n) is 4.63. The maximum atomic E-state index is 12.5. The second-order valence-corrected chi connectivity index (χ2v) is 6.30. The van der Waals surface area contributed by atoms with E-state index >= 15 is 0 Å². The van der Waals surface area contributed by atoms with E-state index in [9.17, 15) is 15.0 Å². The number of phenolic OH excluding ortho intramolecular Hbond substituents is 2. The summed E-state index contributed by atoms with van der Waals surface area (Å²) < 4.78 is 0.432. The third-order valence-electron chi connectivity index (χ3n) is 3.07. The molecule has 0 saturated carbocycles. The number of thioether (sulfide) groups is 1. The molecule has 110 valence electrons. The normalized spacial score (nSPS) is 16.5. The summed E-state index contributed by atoms with van der Waals surface area (Å²) in [7, 11) is 0. The Hall–Kier alpha value is -2.31. The molecule has 6 heteroatoms. The van der Waals surface area contributed by atoms with Crippen molar-refractivity contribution in [3.63, 3.8) is 0 Å². The monoisotopic (exact) mass is 329 g/mol. The molecule has 0 aromatic heterocycles. The number of anilines is 1. The van der Waals surface area contributed by atoms with Crippen LogP contribution in [0.15, 0.2) is 53.4 Å². The molecule has 4 nitrogen and oxygen atoms in total. The summed E-state index contributed by atoms with van der Waals surface area (Å²) in [6.07, 6.45) is 1.69. The van der Waals surface area contributed by atoms with Gasteiger partial charge in [0.05, 0.1) is 10.6 Å². The molecule has 1 fully saturated rings. The van der Waals surface area contributed by atoms with Crippen molar-refractivity contribution in [2.75, 3.05) is 4.90 Å². The van der Waals surface area contributed by atoms with E-state index in [1.807, 2.05) is 0 Å². The Morgan fingerprint density at radius 3 is 2.45 bits per heavy atom. The minimum atomic E-state index is -0.218. The van der Waals surface area contributed by atoms with Crippen LogP contribution in [0.3, 0.4) is 0 Å². The smallest absolute Gasteiger partial charge is 0.270 e. The van der Waals surface area contributed by atoms with Crippen LogP contribution in [0, 0.1) is 0 Å². The molecule has 1 saturated heterocycles. The van der Waals surface area contributed by atoms with E-state index in [4.69, 9.17) is 12.2 Å². The number of hydrogen-bond acceptors (Lipinski definition) is 5. The average molecular weight is 329 g/mol. The molecule has 0 radical (unpaired) electrons. The SMILES string of the molecule is O=C1/C(=C/c2cccc(O)c2)SC(=S)N1c1ccc(O)cc1. The van der Waals surface area contributed by atoms with Crippen molar-refractivity contribution in [1.29, 1.82) is 0 Å². The van der Waals surface area contributed by atoms with Gasteiger partial charge in [-0.15, -0.1) is 0 Å². The lowest BCUT2D eigenvalue weighted by Gasteiger charge is -2.14. The number of aromatic hydroxyl groups is 2. The summed E-state index contributed by atoms with van der Waals surface area (Å²) in [5, 5.41) is 18.8. The Kier molecular flexibility index (Phi) is 3.87. The van der Waals surface area contributed by atoms with E-state index in [0.29, 0.717) is 14.9 Å². The number of benzene rings is 2. The lowest BCUT2D eigenvalue weighted by atomic mass is 10.2. The van der Waals surface area contributed by atoms with Gasteiger partial charge in [0.25, 0.3) is 5.91 Å². The first kappa shape index (κ1) is 14.6. The van der Waals surface area contributed by atoms with Crippen LogP contribution in [-0.4, -0.2) is 20.4 Å². The molecule has 2 N–H and O–H groups in total. The van der Waals surface area contributed by atoms with Crippen LogP contribution in [0.5, 0.6) is 11.5 Å². The van der Waals surface area contributed by atoms with Crippen molar-refractivity contribution >= 4 is 46.0 Å². The van der Waals surface area contributed by atoms with E-state index in [1.54, 1.807) is 42.5 Å². The number of phenols is 2. The molecular formula is C16H11NO3S2. The number of amides is 1. The fourth-order valence-electron chi connectivity index (χ4n) is 2.06. The van der Waals surface area contributed by atoms with E-state index in [0.717, 1.165) is 5.56 Å². The molecule has 1 heterocycles. The fraction of sp³-hybridized carbons (Fsp3) is 0. The zero-order valence-electron chi connectivity index (χ0n) is 11.3. The van der Waals surface area contributed by atoms with Gasteiger partial charge in [0.15, 0.2) is 4.32 Å². The summed E-state index contributed by atoms with van der Waals surface area (Å²) >= 11 is 6.47. The number of hydrogen-bond donors (Lipinski definition) is 2. The summed E-state index contributed by atoms with van der Waals surface area (Å²) in [6.45, 7) is 0. The molecule has 0 atom stereocenters. The van der Waals surface area contributed by atoms with Gasteiger partial charge in [0, 0.05) is 0 Å². The van der Waals surface area contributed by atoms with Gasteiger partial charge in [-0.2, -0.15) is 0 Å². The predicted octanol–water partition coefficient (Wildman–Crippen LogP) is 3.50. The summed E-state index contributed by atoms with van der Waals surface area (Å²) in [4.78, 5) is 14.4. The molecule has 0 bridgehead atoms. The Labute approximate surface area is 136 Å². The van der Waals surface area contributed by atoms with Crippen LogP contribution in [-0.2, 0) is 4.79 Å². The molecule has 0 aliphatic carbocycles. The summed E-state index contributed by atoms with van der Waals surface area (Å²) in [6, 6.07) is 12.9. The minimum absolute atomic E-state index is 0.129. The molecular weight excluding hydrogens is 318 g/mol. The van der Waals surface area contributed by atoms with Gasteiger partial charge < -0.3 is 10.2 Å². The maximum absolute atomic E-state index is 12.5. The van der Waals surface area contributed by atoms with Crippen LogP contribution in [0.2, 0.25) is 0 Å². The first-order chi connectivity index (χ1) is 10.5. The van der Waals surface area contributed by atoms with Gasteiger partial charge in [0.1, 0.15) is 11.5 Å². The van der Waals surface area contributed by atoms with Crippen molar-refractivity contribution in [3.8, 4) is 11.5 Å². The number of nitrogens with zero attached hydrogens (tertiary/aromatic N) is 1. The largest absolute Gasteiger partial charge is 0.508 e. The Balaban J connectivity index is 1.93. The van der Waals surface area contributed by atoms with Gasteiger partial charge >= 0.3 is 0 Å². The average Bonchev–Trinajstić information content (AvgIpc) is 2.75. The molecule has 1 aliphatic rings. The lowest BCUT2D eigenvalue weighted by molar-refractivity contribution is -0.113. The quantitative estimate of drug-likeness (QED) is 0.652. The first-order valence-electron chi connectivity index (χ1n) is 6.40. The van der Waals surface area contributed by atoms with Crippen molar-refractivity contribution in [2.45, 2.75) is 0 Å². The maximum Gasteiger partial charge on any atom is 0.270 e. The van der Waals surface area contributed by atoms with Gasteiger partial charge in [0.2, 0.25) is 0 Å². The first-order valence-corrected chi connectivity index (χ1v) is 7.63. The minimum Gasteiger partial charge on any atom is -0.508 e. The van der Waals surface area contributed by atoms with Crippen molar-refractivity contribution in [2.24, 2.45) is 0 Å². The van der Waals surface area contributed by atoms with Gasteiger partial charge in [-0.3, -0.25) is 9.69 Å². The topological polar surface area (TPSA) is 60.8 Å². The van der Waals surface area contributed by atoms with Crippen LogP contribution < -0.4 is 4.90 Å². The number of carbonyl (C=O) groups excluding carboxylic acids is 1. The zero-order valence-corrected chi connectivity index (χ0v) is 12.9. The van der Waals surface area contributed by atoms with E-state index in [2.05, 4.69) is 0 Å². The standard InChI is InChI=1S/C16H11NO3S2/c18-12-6-4-11(5-7-12)17-15(20)14(22-16(17)21)9-10-2-1-3-13(19)8-10/h1-9,18-19H/b14-9-. The fourth-order valence-corrected chi connectivity index (χ4v) is 3.36. The molecule has 0 unspecified atom stereocenters. The van der Waals surface area contributed by atoms with Crippen molar-refractivity contribution in [3.05, 3.63) is 59.0 Å². The number of thiocarbonyl (C=S) groups is 1. The summed E-state index contributed by atoms with van der Waals surface area (Å²) in [5.41, 5.74) is 1.34. The van der Waals surface area contributed by atoms with E-state index in [-0.39, 0.29) is 17.4 Å². The van der Waals surface area contributed by atoms with Crippen LogP contribution in [0.4, 0.5) is 5.69 Å². The molecule has 22 heavy (non-hydrogen) atoms. The number of rotatable bonds is 2. The highest BCUT2D eigenvalue weighted by Crippen LogP contribution is 2.36. The highest BCUT2D eigenvalue weighted by Gasteiger charge is 2.33. The molecule has 2 aromatic carbocycles. The molecule has 1 amide bonds. The van der Waals surface area contributed by atoms with Gasteiger partial charge in [-0.1, -0.05) is 36.1 Å². The van der Waals surface area contributed by atoms with E-state index in [1.165, 1.54) is 28.8 Å². The molecule has 0 spiro atoms. The van der Waals surface area contributed by atoms with Gasteiger partial charge in [-0.25, -0.2) is 0 Å². The van der Waals surface area contributed by atoms with Gasteiger partial charge in [-0.05, 0) is 48.0 Å². The third-order valence-corrected chi connectivity index (χ3v) is 4.37. The van der Waals surface area contributed by atoms with Crippen LogP contribution in [0.1, 0.15) is 5.56 Å². The Morgan fingerprint density at radius 1 is 1.05 bits per heavy atom. The van der Waals surface area contributed by atoms with Crippen LogP contribution >= 0.6 is 24.0 Å². The molecule has 2 aromatic rings. The summed E-state index contributed by atoms with van der Waals surface area (Å²) in [5.74, 6) is 0.0521. The number of carbonyl (C=O) groups is 1. The third kappa shape index (κ3) is 2.84. The van der Waals surface area contributed by atoms with Crippen molar-refractivity contribution < 1.29 is 15.0 Å². The van der Waals surface area contributed by atoms with Crippen molar-refractivity contribution in [1.82, 2.24) is 0 Å². The lowest BCUT2D eigenvalue weighted by Crippen LogP contribution is -2.27. The van der Waals surface area contributed by atoms with E-state index < -0.39 is 0 Å². The second kappa shape index (κ2) is 5.82. The Bertz CT molecular complexity index is 784. The van der Waals surface area contributed by atoms with Crippen LogP contribution in [0.25, 0.3) is 6.08 Å². The Morgan fingerprint density at radius 2 is 1.77 bits per heavy atom. The molecule has 3 rings (SSSR count). The highest BCUT2D eigenvalue weighted by molar-refractivity contribution is 8.27. The highest BCUT2D eigenvalue weighted by atomic mass is 32.2. The molecule has 1 aliphatic heterocycles.